The Morgan fingerprint density at radius 1 is 0.172 bits per heavy atom. The molecule has 544 valence electrons. The molecule has 0 aliphatic rings. The minimum Gasteiger partial charge on any atom is -0.294 e. The highest BCUT2D eigenvalue weighted by molar-refractivity contribution is 6.03. The molecule has 13 heteroatoms. The minimum atomic E-state index is 0.599. The molecule has 0 atom stereocenters. The van der Waals surface area contributed by atoms with Crippen molar-refractivity contribution < 1.29 is 0 Å². The summed E-state index contributed by atoms with van der Waals surface area (Å²) in [6.45, 7) is 0. The molecule has 0 bridgehead atoms. The van der Waals surface area contributed by atoms with E-state index < -0.39 is 0 Å². The van der Waals surface area contributed by atoms with Gasteiger partial charge in [0, 0.05) is 55.0 Å². The van der Waals surface area contributed by atoms with Crippen molar-refractivity contribution in [2.24, 2.45) is 0 Å². The average Bonchev–Trinajstić information content (AvgIpc) is 1.57. The van der Waals surface area contributed by atoms with Crippen molar-refractivity contribution >= 4 is 121 Å². The van der Waals surface area contributed by atoms with Crippen LogP contribution in [0, 0.1) is 0 Å². The Bertz CT molecular complexity index is 8070. The lowest BCUT2D eigenvalue weighted by Gasteiger charge is -2.11. The highest BCUT2D eigenvalue weighted by Gasteiger charge is 2.24. The predicted molar refractivity (Wildman–Crippen MR) is 474 cm³/mol. The van der Waals surface area contributed by atoms with Gasteiger partial charge in [0.05, 0.1) is 77.4 Å². The fourth-order valence-electron chi connectivity index (χ4n) is 17.4. The van der Waals surface area contributed by atoms with Crippen LogP contribution in [0.3, 0.4) is 0 Å². The van der Waals surface area contributed by atoms with Crippen LogP contribution in [0.1, 0.15) is 0 Å². The molecule has 25 aromatic rings. The number of aromatic nitrogens is 13. The van der Waals surface area contributed by atoms with Crippen LogP contribution >= 0.6 is 0 Å². The van der Waals surface area contributed by atoms with Crippen molar-refractivity contribution in [1.29, 1.82) is 0 Å². The molecule has 10 aromatic heterocycles. The van der Waals surface area contributed by atoms with Crippen molar-refractivity contribution in [3.05, 3.63) is 406 Å². The highest BCUT2D eigenvalue weighted by atomic mass is 15.3. The van der Waals surface area contributed by atoms with Gasteiger partial charge in [-0.3, -0.25) is 35.9 Å². The summed E-state index contributed by atoms with van der Waals surface area (Å²) in [5.74, 6) is 2.56. The van der Waals surface area contributed by atoms with Crippen LogP contribution in [0.25, 0.3) is 201 Å². The van der Waals surface area contributed by atoms with Crippen LogP contribution in [0.5, 0.6) is 0 Å². The molecule has 0 fully saturated rings. The summed E-state index contributed by atoms with van der Waals surface area (Å²) in [6.07, 6.45) is 0. The number of rotatable bonds is 9. The van der Waals surface area contributed by atoms with Gasteiger partial charge < -0.3 is 0 Å². The molecule has 0 N–H and O–H groups in total. The normalized spacial score (nSPS) is 11.8. The number of fused-ring (bicyclic) bond motifs is 21. The molecule has 116 heavy (non-hydrogen) atoms. The smallest absolute Gasteiger partial charge is 0.240 e. The van der Waals surface area contributed by atoms with E-state index in [0.717, 1.165) is 83.5 Å². The first-order valence-corrected chi connectivity index (χ1v) is 39.1. The highest BCUT2D eigenvalue weighted by Crippen LogP contribution is 2.40. The van der Waals surface area contributed by atoms with E-state index in [1.165, 1.54) is 93.7 Å². The second-order valence-corrected chi connectivity index (χ2v) is 29.3. The third-order valence-corrected chi connectivity index (χ3v) is 22.6. The molecule has 10 heterocycles. The predicted octanol–water partition coefficient (Wildman–Crippen LogP) is 24.9. The molecule has 0 saturated carbocycles. The molecular formula is C103H67N13. The first kappa shape index (κ1) is 65.9. The largest absolute Gasteiger partial charge is 0.294 e. The third kappa shape index (κ3) is 10.7. The van der Waals surface area contributed by atoms with Crippen LogP contribution in [-0.4, -0.2) is 60.8 Å². The molecule has 0 saturated heterocycles. The molecule has 0 spiro atoms. The molecule has 0 unspecified atom stereocenters. The maximum Gasteiger partial charge on any atom is 0.240 e. The van der Waals surface area contributed by atoms with Gasteiger partial charge in [-0.15, -0.1) is 0 Å². The molecule has 15 aromatic carbocycles. The average molecular weight is 1490 g/mol. The van der Waals surface area contributed by atoms with E-state index in [-0.39, 0.29) is 0 Å². The maximum absolute atomic E-state index is 5.22. The Morgan fingerprint density at radius 3 is 0.983 bits per heavy atom. The van der Waals surface area contributed by atoms with Crippen molar-refractivity contribution in [2.45, 2.75) is 0 Å². The van der Waals surface area contributed by atoms with E-state index in [4.69, 9.17) is 24.9 Å². The second-order valence-electron chi connectivity index (χ2n) is 29.3. The zero-order valence-corrected chi connectivity index (χ0v) is 62.5. The van der Waals surface area contributed by atoms with Crippen molar-refractivity contribution in [1.82, 2.24) is 60.8 Å². The van der Waals surface area contributed by atoms with Crippen LogP contribution in [0.4, 0.5) is 0 Å². The Labute approximate surface area is 663 Å². The van der Waals surface area contributed by atoms with Gasteiger partial charge in [0.1, 0.15) is 22.6 Å². The molecular weight excluding hydrogens is 1420 g/mol. The summed E-state index contributed by atoms with van der Waals surface area (Å²) in [4.78, 5) is 25.1. The number of imidazole rings is 4. The second kappa shape index (κ2) is 26.9. The lowest BCUT2D eigenvalue weighted by atomic mass is 10.0. The SMILES string of the molecule is c1ccc(-c2ccc(-c3nc(-n4c5ccccc5n5c6ccccc6cc45)nc4ccccc34)cc2)cc1.c1ccc(-c2nc(-c3ccccc3)nc(-n3c4ccccc4n4c5ccccc5cc34)n2)cc1.c1ccc(-n2c3ccccc3n3c4ccc(-c5ccc6c(c5)n5c7ccccc7cc5n6-c5ccccc5)cc4cc23)cc1. The Morgan fingerprint density at radius 2 is 0.491 bits per heavy atom. The van der Waals surface area contributed by atoms with E-state index in [0.29, 0.717) is 23.5 Å². The fourth-order valence-corrected chi connectivity index (χ4v) is 17.4. The zero-order valence-electron chi connectivity index (χ0n) is 62.5. The number of nitrogens with zero attached hydrogens (tertiary/aromatic N) is 13. The Hall–Kier alpha value is -16.0. The lowest BCUT2D eigenvalue weighted by molar-refractivity contribution is 0.947. The number of benzene rings is 15. The Balaban J connectivity index is 0.000000104. The van der Waals surface area contributed by atoms with Crippen molar-refractivity contribution in [3.8, 4) is 79.6 Å². The molecule has 0 amide bonds. The maximum atomic E-state index is 5.22. The van der Waals surface area contributed by atoms with Crippen molar-refractivity contribution in [2.75, 3.05) is 0 Å². The molecule has 13 nitrogen and oxygen atoms in total. The zero-order chi connectivity index (χ0) is 76.3. The van der Waals surface area contributed by atoms with Gasteiger partial charge in [-0.25, -0.2) is 15.0 Å². The van der Waals surface area contributed by atoms with Gasteiger partial charge in [-0.05, 0) is 156 Å². The van der Waals surface area contributed by atoms with Crippen LogP contribution < -0.4 is 0 Å². The molecule has 25 rings (SSSR count). The van der Waals surface area contributed by atoms with E-state index in [1.54, 1.807) is 0 Å². The number of hydrogen-bond acceptors (Lipinski definition) is 5. The summed E-state index contributed by atoms with van der Waals surface area (Å²) >= 11 is 0. The van der Waals surface area contributed by atoms with Crippen molar-refractivity contribution in [3.63, 3.8) is 0 Å². The first-order valence-electron chi connectivity index (χ1n) is 39.1. The summed E-state index contributed by atoms with van der Waals surface area (Å²) < 4.78 is 18.4. The standard InChI is InChI=1S/C40H26N4.C34H22N4.C29H19N5/c1-3-12-31(13-4-1)41-35-17-9-10-18-36(35)43-34-21-19-27(23-30(34)26-40(41)43)28-20-22-37-38(24-28)44-33-16-8-7-11-29(33)25-39(44)42(37)32-14-5-2-6-15-32;1-2-10-23(11-3-1)24-18-20-25(21-19-24)33-27-13-5-6-14-28(27)35-34(36-33)38-31-17-9-8-16-30(31)37-29-15-7-4-12-26(29)22-32(37)38;1-3-11-20(12-4-1)27-30-28(21-13-5-2-6-14-21)32-29(31-27)34-25-18-10-9-17-24(25)33-23-16-8-7-15-22(23)19-26(33)34/h1-26H;1-22H;1-19H. The summed E-state index contributed by atoms with van der Waals surface area (Å²) in [7, 11) is 0. The van der Waals surface area contributed by atoms with Crippen LogP contribution in [-0.2, 0) is 0 Å². The number of hydrogen-bond donors (Lipinski definition) is 0. The van der Waals surface area contributed by atoms with Crippen LogP contribution in [0.15, 0.2) is 406 Å². The van der Waals surface area contributed by atoms with Gasteiger partial charge in [-0.2, -0.15) is 9.97 Å². The van der Waals surface area contributed by atoms with E-state index >= 15 is 0 Å². The van der Waals surface area contributed by atoms with E-state index in [9.17, 15) is 0 Å². The third-order valence-electron chi connectivity index (χ3n) is 22.6. The first-order chi connectivity index (χ1) is 57.5. The molecule has 0 aliphatic heterocycles. The topological polar surface area (TPSA) is 102 Å². The fraction of sp³-hybridized carbons (Fsp3) is 0. The Kier molecular flexibility index (Phi) is 15.3. The quantitative estimate of drug-likeness (QED) is 0.143. The van der Waals surface area contributed by atoms with E-state index in [1.807, 2.05) is 72.8 Å². The van der Waals surface area contributed by atoms with Gasteiger partial charge in [-0.1, -0.05) is 273 Å². The molecule has 0 aliphatic carbocycles. The molecule has 0 radical (unpaired) electrons. The monoisotopic (exact) mass is 1490 g/mol. The van der Waals surface area contributed by atoms with Gasteiger partial charge >= 0.3 is 0 Å². The van der Waals surface area contributed by atoms with Gasteiger partial charge in [0.25, 0.3) is 0 Å². The summed E-state index contributed by atoms with van der Waals surface area (Å²) in [5.41, 5.74) is 30.3. The number of para-hydroxylation sites is 12. The minimum absolute atomic E-state index is 0.599. The summed E-state index contributed by atoms with van der Waals surface area (Å²) in [5, 5.41) is 5.88. The van der Waals surface area contributed by atoms with Crippen LogP contribution in [0.2, 0.25) is 0 Å². The lowest BCUT2D eigenvalue weighted by Crippen LogP contribution is -2.06. The summed E-state index contributed by atoms with van der Waals surface area (Å²) in [6, 6.07) is 143. The van der Waals surface area contributed by atoms with Gasteiger partial charge in [0.15, 0.2) is 11.6 Å². The van der Waals surface area contributed by atoms with E-state index in [2.05, 4.69) is 370 Å². The van der Waals surface area contributed by atoms with Gasteiger partial charge in [0.2, 0.25) is 11.9 Å².